The van der Waals surface area contributed by atoms with Crippen LogP contribution in [0.4, 0.5) is 0 Å². The molecule has 1 aliphatic rings. The third-order valence-corrected chi connectivity index (χ3v) is 4.93. The Labute approximate surface area is 148 Å². The quantitative estimate of drug-likeness (QED) is 0.895. The average Bonchev–Trinajstić information content (AvgIpc) is 3.02. The maximum absolute atomic E-state index is 13.0. The van der Waals surface area contributed by atoms with E-state index in [1.165, 1.54) is 5.56 Å². The first kappa shape index (κ1) is 17.5. The summed E-state index contributed by atoms with van der Waals surface area (Å²) in [4.78, 5) is 19.3. The highest BCUT2D eigenvalue weighted by atomic mass is 16.4. The predicted molar refractivity (Wildman–Crippen MR) is 95.7 cm³/mol. The number of aromatic nitrogens is 1. The minimum absolute atomic E-state index is 0.0277. The summed E-state index contributed by atoms with van der Waals surface area (Å²) in [7, 11) is 0. The van der Waals surface area contributed by atoms with Crippen LogP contribution in [0.5, 0.6) is 5.75 Å². The van der Waals surface area contributed by atoms with Gasteiger partial charge >= 0.3 is 0 Å². The Morgan fingerprint density at radius 3 is 2.76 bits per heavy atom. The van der Waals surface area contributed by atoms with Crippen molar-refractivity contribution in [3.63, 3.8) is 0 Å². The van der Waals surface area contributed by atoms with E-state index in [4.69, 9.17) is 4.42 Å². The normalized spacial score (nSPS) is 17.7. The number of aryl methyl sites for hydroxylation is 3. The van der Waals surface area contributed by atoms with Gasteiger partial charge in [0.15, 0.2) is 5.89 Å². The van der Waals surface area contributed by atoms with Crippen LogP contribution < -0.4 is 0 Å². The Hall–Kier alpha value is -2.30. The smallest absolute Gasteiger partial charge is 0.291 e. The average molecular weight is 342 g/mol. The molecule has 1 aromatic carbocycles. The summed E-state index contributed by atoms with van der Waals surface area (Å²) in [6, 6.07) is 7.54. The van der Waals surface area contributed by atoms with Gasteiger partial charge in [-0.05, 0) is 56.7 Å². The van der Waals surface area contributed by atoms with Crippen molar-refractivity contribution >= 4 is 5.91 Å². The fourth-order valence-electron chi connectivity index (χ4n) is 3.50. The molecule has 134 valence electrons. The number of oxazole rings is 1. The van der Waals surface area contributed by atoms with Crippen LogP contribution in [-0.2, 0) is 12.8 Å². The number of piperidine rings is 1. The van der Waals surface area contributed by atoms with Gasteiger partial charge < -0.3 is 14.4 Å². The molecule has 1 N–H and O–H groups in total. The van der Waals surface area contributed by atoms with E-state index in [-0.39, 0.29) is 17.7 Å². The Bertz CT molecular complexity index is 721. The Morgan fingerprint density at radius 1 is 1.32 bits per heavy atom. The van der Waals surface area contributed by atoms with Crippen LogP contribution in [0.25, 0.3) is 0 Å². The van der Waals surface area contributed by atoms with E-state index in [9.17, 15) is 9.90 Å². The van der Waals surface area contributed by atoms with Crippen LogP contribution in [0.3, 0.4) is 0 Å². The van der Waals surface area contributed by atoms with Gasteiger partial charge in [0.05, 0.1) is 5.69 Å². The molecule has 5 heteroatoms. The minimum Gasteiger partial charge on any atom is -0.508 e. The molecule has 1 atom stereocenters. The number of carbonyl (C=O) groups excluding carboxylic acids is 1. The Balaban J connectivity index is 1.70. The summed E-state index contributed by atoms with van der Waals surface area (Å²) < 4.78 is 5.67. The first-order valence-electron chi connectivity index (χ1n) is 9.13. The number of benzene rings is 1. The van der Waals surface area contributed by atoms with Gasteiger partial charge in [0, 0.05) is 19.0 Å². The molecule has 0 bridgehead atoms. The molecule has 3 rings (SSSR count). The van der Waals surface area contributed by atoms with Crippen molar-refractivity contribution in [2.75, 3.05) is 6.54 Å². The van der Waals surface area contributed by atoms with E-state index in [0.717, 1.165) is 38.6 Å². The molecule has 0 aliphatic carbocycles. The van der Waals surface area contributed by atoms with Crippen LogP contribution in [0.2, 0.25) is 0 Å². The first-order valence-corrected chi connectivity index (χ1v) is 9.13. The van der Waals surface area contributed by atoms with Gasteiger partial charge in [-0.3, -0.25) is 4.79 Å². The molecule has 2 aromatic rings. The molecule has 0 unspecified atom stereocenters. The number of phenols is 1. The number of hydrogen-bond donors (Lipinski definition) is 1. The standard InChI is InChI=1S/C20H26N2O3/c1-3-18-21-14(2)19(25-18)20(24)22-13-5-4-6-16(22)10-7-15-8-11-17(23)12-9-15/h8-9,11-12,16,23H,3-7,10,13H2,1-2H3/t16-/m0/s1. The first-order chi connectivity index (χ1) is 12.1. The highest BCUT2D eigenvalue weighted by Gasteiger charge is 2.30. The van der Waals surface area contributed by atoms with Crippen molar-refractivity contribution in [2.45, 2.75) is 58.4 Å². The Kier molecular flexibility index (Phi) is 5.41. The molecule has 25 heavy (non-hydrogen) atoms. The van der Waals surface area contributed by atoms with E-state index in [0.29, 0.717) is 23.8 Å². The summed E-state index contributed by atoms with van der Waals surface area (Å²) in [6.45, 7) is 4.59. The zero-order valence-electron chi connectivity index (χ0n) is 15.0. The number of nitrogens with zero attached hydrogens (tertiary/aromatic N) is 2. The third-order valence-electron chi connectivity index (χ3n) is 4.93. The zero-order valence-corrected chi connectivity index (χ0v) is 15.0. The lowest BCUT2D eigenvalue weighted by Crippen LogP contribution is -2.44. The molecule has 0 spiro atoms. The van der Waals surface area contributed by atoms with Crippen molar-refractivity contribution in [1.82, 2.24) is 9.88 Å². The largest absolute Gasteiger partial charge is 0.508 e. The van der Waals surface area contributed by atoms with E-state index >= 15 is 0 Å². The lowest BCUT2D eigenvalue weighted by molar-refractivity contribution is 0.0566. The summed E-state index contributed by atoms with van der Waals surface area (Å²) in [5.74, 6) is 1.28. The highest BCUT2D eigenvalue weighted by Crippen LogP contribution is 2.25. The second-order valence-electron chi connectivity index (χ2n) is 6.73. The van der Waals surface area contributed by atoms with Crippen molar-refractivity contribution in [1.29, 1.82) is 0 Å². The summed E-state index contributed by atoms with van der Waals surface area (Å²) in [5.41, 5.74) is 1.87. The van der Waals surface area contributed by atoms with Crippen LogP contribution in [-0.4, -0.2) is 33.5 Å². The molecule has 1 aliphatic heterocycles. The second-order valence-corrected chi connectivity index (χ2v) is 6.73. The SMILES string of the molecule is CCc1nc(C)c(C(=O)N2CCCC[C@H]2CCc2ccc(O)cc2)o1. The van der Waals surface area contributed by atoms with E-state index in [2.05, 4.69) is 4.98 Å². The van der Waals surface area contributed by atoms with Crippen LogP contribution in [0, 0.1) is 6.92 Å². The van der Waals surface area contributed by atoms with Gasteiger partial charge in [-0.25, -0.2) is 4.98 Å². The predicted octanol–water partition coefficient (Wildman–Crippen LogP) is 3.88. The van der Waals surface area contributed by atoms with Gasteiger partial charge in [0.2, 0.25) is 5.76 Å². The monoisotopic (exact) mass is 342 g/mol. The molecule has 1 aromatic heterocycles. The maximum atomic E-state index is 13.0. The van der Waals surface area contributed by atoms with Gasteiger partial charge in [0.25, 0.3) is 5.91 Å². The molecule has 2 heterocycles. The van der Waals surface area contributed by atoms with Crippen molar-refractivity contribution in [2.24, 2.45) is 0 Å². The van der Waals surface area contributed by atoms with Gasteiger partial charge in [-0.15, -0.1) is 0 Å². The fraction of sp³-hybridized carbons (Fsp3) is 0.500. The number of phenolic OH excluding ortho intramolecular Hbond substituents is 1. The number of rotatable bonds is 5. The lowest BCUT2D eigenvalue weighted by atomic mass is 9.95. The van der Waals surface area contributed by atoms with E-state index < -0.39 is 0 Å². The molecule has 1 saturated heterocycles. The highest BCUT2D eigenvalue weighted by molar-refractivity contribution is 5.92. The van der Waals surface area contributed by atoms with Crippen LogP contribution in [0.15, 0.2) is 28.7 Å². The van der Waals surface area contributed by atoms with Gasteiger partial charge in [0.1, 0.15) is 5.75 Å². The maximum Gasteiger partial charge on any atom is 0.291 e. The fourth-order valence-corrected chi connectivity index (χ4v) is 3.50. The number of carbonyl (C=O) groups is 1. The number of aromatic hydroxyl groups is 1. The molecular formula is C20H26N2O3. The molecule has 0 radical (unpaired) electrons. The Morgan fingerprint density at radius 2 is 2.08 bits per heavy atom. The molecule has 1 fully saturated rings. The summed E-state index contributed by atoms with van der Waals surface area (Å²) >= 11 is 0. The number of likely N-dealkylation sites (tertiary alicyclic amines) is 1. The van der Waals surface area contributed by atoms with Crippen LogP contribution >= 0.6 is 0 Å². The topological polar surface area (TPSA) is 66.6 Å². The summed E-state index contributed by atoms with van der Waals surface area (Å²) in [5, 5.41) is 9.39. The van der Waals surface area contributed by atoms with Crippen LogP contribution in [0.1, 0.15) is 60.3 Å². The van der Waals surface area contributed by atoms with E-state index in [1.807, 2.05) is 30.9 Å². The molecule has 5 nitrogen and oxygen atoms in total. The van der Waals surface area contributed by atoms with Crippen molar-refractivity contribution in [3.05, 3.63) is 47.2 Å². The molecule has 1 amide bonds. The van der Waals surface area contributed by atoms with Crippen molar-refractivity contribution < 1.29 is 14.3 Å². The van der Waals surface area contributed by atoms with E-state index in [1.54, 1.807) is 12.1 Å². The molecular weight excluding hydrogens is 316 g/mol. The lowest BCUT2D eigenvalue weighted by Gasteiger charge is -2.35. The number of hydrogen-bond acceptors (Lipinski definition) is 4. The minimum atomic E-state index is -0.0277. The third kappa shape index (κ3) is 4.03. The zero-order chi connectivity index (χ0) is 17.8. The number of amides is 1. The summed E-state index contributed by atoms with van der Waals surface area (Å²) in [6.07, 6.45) is 5.72. The molecule has 0 saturated carbocycles. The van der Waals surface area contributed by atoms with Gasteiger partial charge in [-0.1, -0.05) is 19.1 Å². The van der Waals surface area contributed by atoms with Gasteiger partial charge in [-0.2, -0.15) is 0 Å². The van der Waals surface area contributed by atoms with Crippen molar-refractivity contribution in [3.8, 4) is 5.75 Å². The second kappa shape index (κ2) is 7.72.